The van der Waals surface area contributed by atoms with Gasteiger partial charge in [0.15, 0.2) is 11.4 Å². The molecule has 2 N–H and O–H groups in total. The molecule has 0 aliphatic rings. The molecule has 0 radical (unpaired) electrons. The Balaban J connectivity index is 1.63. The van der Waals surface area contributed by atoms with Crippen molar-refractivity contribution in [3.8, 4) is 17.3 Å². The number of amides is 1. The van der Waals surface area contributed by atoms with Crippen molar-refractivity contribution < 1.29 is 13.9 Å². The number of ether oxygens (including phenoxy) is 1. The number of benzene rings is 1. The minimum atomic E-state index is -0.289. The Hall–Kier alpha value is -3.88. The van der Waals surface area contributed by atoms with Gasteiger partial charge in [0, 0.05) is 25.2 Å². The molecule has 1 amide bonds. The molecule has 3 aromatic heterocycles. The number of methoxy groups -OCH3 is 1. The van der Waals surface area contributed by atoms with Gasteiger partial charge in [0.2, 0.25) is 11.8 Å². The van der Waals surface area contributed by atoms with E-state index in [1.165, 1.54) is 10.8 Å². The van der Waals surface area contributed by atoms with Crippen molar-refractivity contribution in [1.29, 1.82) is 0 Å². The number of rotatable bonds is 5. The van der Waals surface area contributed by atoms with E-state index in [1.807, 2.05) is 24.3 Å². The summed E-state index contributed by atoms with van der Waals surface area (Å²) < 4.78 is 12.0. The van der Waals surface area contributed by atoms with Gasteiger partial charge in [0.1, 0.15) is 11.4 Å². The number of hydrogen-bond acceptors (Lipinski definition) is 7. The zero-order valence-electron chi connectivity index (χ0n) is 15.4. The van der Waals surface area contributed by atoms with Crippen LogP contribution in [0.2, 0.25) is 0 Å². The maximum absolute atomic E-state index is 12.9. The Labute approximate surface area is 160 Å². The normalized spacial score (nSPS) is 10.9. The zero-order chi connectivity index (χ0) is 19.7. The second kappa shape index (κ2) is 7.03. The van der Waals surface area contributed by atoms with E-state index in [2.05, 4.69) is 15.1 Å². The first-order valence-corrected chi connectivity index (χ1v) is 8.51. The molecule has 0 saturated heterocycles. The molecule has 4 aromatic rings. The summed E-state index contributed by atoms with van der Waals surface area (Å²) in [5, 5.41) is 4.27. The summed E-state index contributed by atoms with van der Waals surface area (Å²) in [6.45, 7) is 0.361. The van der Waals surface area contributed by atoms with Gasteiger partial charge in [0.25, 0.3) is 5.91 Å². The lowest BCUT2D eigenvalue weighted by Crippen LogP contribution is -2.27. The number of nitrogens with zero attached hydrogens (tertiary/aromatic N) is 5. The predicted molar refractivity (Wildman–Crippen MR) is 102 cm³/mol. The maximum Gasteiger partial charge on any atom is 0.272 e. The number of para-hydroxylation sites is 1. The minimum Gasteiger partial charge on any atom is -0.496 e. The average molecular weight is 378 g/mol. The van der Waals surface area contributed by atoms with E-state index in [0.717, 1.165) is 5.56 Å². The average Bonchev–Trinajstić information content (AvgIpc) is 3.37. The van der Waals surface area contributed by atoms with E-state index >= 15 is 0 Å². The number of furan rings is 1. The molecule has 9 nitrogen and oxygen atoms in total. The number of carbonyl (C=O) groups excluding carboxylic acids is 1. The SMILES string of the molecule is COc1ccccc1CN(C)C(=O)c1cc2nc(-c3ccco3)nn2c(N)n1. The molecule has 0 atom stereocenters. The lowest BCUT2D eigenvalue weighted by Gasteiger charge is -2.18. The number of hydrogen-bond donors (Lipinski definition) is 1. The van der Waals surface area contributed by atoms with Gasteiger partial charge in [-0.05, 0) is 18.2 Å². The largest absolute Gasteiger partial charge is 0.496 e. The second-order valence-electron chi connectivity index (χ2n) is 6.16. The third-order valence-corrected chi connectivity index (χ3v) is 4.26. The van der Waals surface area contributed by atoms with Crippen LogP contribution in [0.5, 0.6) is 5.75 Å². The summed E-state index contributed by atoms with van der Waals surface area (Å²) in [6.07, 6.45) is 1.53. The summed E-state index contributed by atoms with van der Waals surface area (Å²) in [6, 6.07) is 12.6. The van der Waals surface area contributed by atoms with Gasteiger partial charge in [0.05, 0.1) is 13.4 Å². The molecule has 0 unspecified atom stereocenters. The van der Waals surface area contributed by atoms with Crippen LogP contribution in [0, 0.1) is 0 Å². The van der Waals surface area contributed by atoms with E-state index in [0.29, 0.717) is 29.5 Å². The fraction of sp³-hybridized carbons (Fsp3) is 0.158. The van der Waals surface area contributed by atoms with Gasteiger partial charge in [-0.25, -0.2) is 9.97 Å². The maximum atomic E-state index is 12.9. The van der Waals surface area contributed by atoms with Gasteiger partial charge in [-0.3, -0.25) is 4.79 Å². The highest BCUT2D eigenvalue weighted by Crippen LogP contribution is 2.21. The predicted octanol–water partition coefficient (Wildman–Crippen LogP) is 2.25. The third-order valence-electron chi connectivity index (χ3n) is 4.26. The highest BCUT2D eigenvalue weighted by atomic mass is 16.5. The minimum absolute atomic E-state index is 0.0665. The van der Waals surface area contributed by atoms with Crippen molar-refractivity contribution in [2.45, 2.75) is 6.54 Å². The molecule has 0 aliphatic carbocycles. The van der Waals surface area contributed by atoms with E-state index < -0.39 is 0 Å². The van der Waals surface area contributed by atoms with Crippen LogP contribution in [0.1, 0.15) is 16.1 Å². The molecule has 1 aromatic carbocycles. The highest BCUT2D eigenvalue weighted by molar-refractivity contribution is 5.93. The fourth-order valence-electron chi connectivity index (χ4n) is 2.89. The fourth-order valence-corrected chi connectivity index (χ4v) is 2.89. The van der Waals surface area contributed by atoms with Gasteiger partial charge >= 0.3 is 0 Å². The molecular formula is C19H18N6O3. The Morgan fingerprint density at radius 3 is 2.82 bits per heavy atom. The smallest absolute Gasteiger partial charge is 0.272 e. The molecule has 3 heterocycles. The zero-order valence-corrected chi connectivity index (χ0v) is 15.4. The van der Waals surface area contributed by atoms with Crippen molar-refractivity contribution in [2.75, 3.05) is 19.9 Å². The van der Waals surface area contributed by atoms with Gasteiger partial charge in [-0.15, -0.1) is 5.10 Å². The third kappa shape index (κ3) is 3.13. The number of carbonyl (C=O) groups is 1. The second-order valence-corrected chi connectivity index (χ2v) is 6.16. The standard InChI is InChI=1S/C19H18N6O3/c1-24(11-12-6-3-4-7-14(12)27-2)18(26)13-10-16-22-17(15-8-5-9-28-15)23-25(16)19(20)21-13/h3-10H,11H2,1-2H3,(H2,20,21). The van der Waals surface area contributed by atoms with Gasteiger partial charge in [-0.1, -0.05) is 18.2 Å². The molecule has 0 aliphatic heterocycles. The summed E-state index contributed by atoms with van der Waals surface area (Å²) in [4.78, 5) is 23.0. The first-order valence-electron chi connectivity index (χ1n) is 8.51. The summed E-state index contributed by atoms with van der Waals surface area (Å²) in [7, 11) is 3.29. The number of anilines is 1. The van der Waals surface area contributed by atoms with Crippen LogP contribution in [0.3, 0.4) is 0 Å². The Morgan fingerprint density at radius 1 is 1.25 bits per heavy atom. The molecule has 0 fully saturated rings. The first kappa shape index (κ1) is 17.5. The molecule has 142 valence electrons. The van der Waals surface area contributed by atoms with E-state index in [1.54, 1.807) is 37.3 Å². The number of aromatic nitrogens is 4. The van der Waals surface area contributed by atoms with E-state index in [9.17, 15) is 4.79 Å². The molecular weight excluding hydrogens is 360 g/mol. The van der Waals surface area contributed by atoms with Gasteiger partial charge in [-0.2, -0.15) is 4.52 Å². The van der Waals surface area contributed by atoms with Crippen molar-refractivity contribution in [3.05, 3.63) is 60.0 Å². The summed E-state index contributed by atoms with van der Waals surface area (Å²) >= 11 is 0. The lowest BCUT2D eigenvalue weighted by atomic mass is 10.2. The van der Waals surface area contributed by atoms with Crippen LogP contribution in [0.15, 0.2) is 53.1 Å². The Bertz CT molecular complexity index is 1140. The van der Waals surface area contributed by atoms with Crippen LogP contribution in [-0.4, -0.2) is 44.5 Å². The van der Waals surface area contributed by atoms with Crippen molar-refractivity contribution in [2.24, 2.45) is 0 Å². The first-order chi connectivity index (χ1) is 13.6. The van der Waals surface area contributed by atoms with Crippen molar-refractivity contribution in [3.63, 3.8) is 0 Å². The molecule has 28 heavy (non-hydrogen) atoms. The Morgan fingerprint density at radius 2 is 2.07 bits per heavy atom. The lowest BCUT2D eigenvalue weighted by molar-refractivity contribution is 0.0778. The van der Waals surface area contributed by atoms with Crippen LogP contribution >= 0.6 is 0 Å². The molecule has 9 heteroatoms. The van der Waals surface area contributed by atoms with Gasteiger partial charge < -0.3 is 19.8 Å². The van der Waals surface area contributed by atoms with Crippen LogP contribution in [-0.2, 0) is 6.54 Å². The molecule has 0 saturated carbocycles. The van der Waals surface area contributed by atoms with Crippen LogP contribution < -0.4 is 10.5 Å². The van der Waals surface area contributed by atoms with E-state index in [-0.39, 0.29) is 17.5 Å². The van der Waals surface area contributed by atoms with Crippen LogP contribution in [0.25, 0.3) is 17.2 Å². The quantitative estimate of drug-likeness (QED) is 0.567. The Kier molecular flexibility index (Phi) is 4.40. The monoisotopic (exact) mass is 378 g/mol. The molecule has 0 bridgehead atoms. The number of nitrogens with two attached hydrogens (primary N) is 1. The van der Waals surface area contributed by atoms with E-state index in [4.69, 9.17) is 14.9 Å². The highest BCUT2D eigenvalue weighted by Gasteiger charge is 2.19. The molecule has 0 spiro atoms. The number of nitrogen functional groups attached to an aromatic ring is 1. The summed E-state index contributed by atoms with van der Waals surface area (Å²) in [5.74, 6) is 1.36. The number of fused-ring (bicyclic) bond motifs is 1. The van der Waals surface area contributed by atoms with Crippen molar-refractivity contribution in [1.82, 2.24) is 24.5 Å². The van der Waals surface area contributed by atoms with Crippen LogP contribution in [0.4, 0.5) is 5.95 Å². The van der Waals surface area contributed by atoms with Crippen molar-refractivity contribution >= 4 is 17.5 Å². The topological polar surface area (TPSA) is 112 Å². The molecule has 4 rings (SSSR count). The summed E-state index contributed by atoms with van der Waals surface area (Å²) in [5.41, 5.74) is 7.47.